The number of para-hydroxylation sites is 1. The van der Waals surface area contributed by atoms with Crippen molar-refractivity contribution in [3.63, 3.8) is 0 Å². The van der Waals surface area contributed by atoms with Crippen molar-refractivity contribution >= 4 is 47.2 Å². The molecule has 2 aromatic carbocycles. The molecule has 3 aromatic rings. The normalized spacial score (nSPS) is 15.0. The van der Waals surface area contributed by atoms with Gasteiger partial charge in [-0.1, -0.05) is 48.5 Å². The number of aliphatic hydroxyl groups excluding tert-OH is 1. The largest absolute Gasteiger partial charge is 0.480 e. The molecule has 0 saturated carbocycles. The van der Waals surface area contributed by atoms with Crippen LogP contribution < -0.4 is 21.7 Å². The molecule has 11 nitrogen and oxygen atoms in total. The number of hydrogen-bond donors (Lipinski definition) is 8. The van der Waals surface area contributed by atoms with Crippen molar-refractivity contribution < 1.29 is 29.4 Å². The number of carbonyl (C=O) groups excluding carboxylic acids is 3. The minimum atomic E-state index is -1.49. The van der Waals surface area contributed by atoms with Crippen molar-refractivity contribution in [2.75, 3.05) is 5.75 Å². The Labute approximate surface area is 231 Å². The number of nitrogens with one attached hydrogen (secondary N) is 4. The van der Waals surface area contributed by atoms with E-state index in [1.807, 2.05) is 24.3 Å². The molecule has 1 aromatic heterocycles. The Hall–Kier alpha value is -3.87. The van der Waals surface area contributed by atoms with Gasteiger partial charge in [0.1, 0.15) is 18.1 Å². The zero-order valence-corrected chi connectivity index (χ0v) is 22.2. The van der Waals surface area contributed by atoms with Crippen molar-refractivity contribution in [1.82, 2.24) is 20.9 Å². The Kier molecular flexibility index (Phi) is 10.5. The van der Waals surface area contributed by atoms with E-state index in [1.54, 1.807) is 36.5 Å². The fourth-order valence-corrected chi connectivity index (χ4v) is 4.23. The Balaban J connectivity index is 1.79. The van der Waals surface area contributed by atoms with Gasteiger partial charge < -0.3 is 36.9 Å². The highest BCUT2D eigenvalue weighted by Crippen LogP contribution is 2.19. The van der Waals surface area contributed by atoms with Crippen LogP contribution in [0.4, 0.5) is 0 Å². The fourth-order valence-electron chi connectivity index (χ4n) is 4.06. The molecule has 208 valence electrons. The molecule has 0 aliphatic carbocycles. The maximum atomic E-state index is 13.4. The molecule has 39 heavy (non-hydrogen) atoms. The van der Waals surface area contributed by atoms with Gasteiger partial charge in [-0.15, -0.1) is 0 Å². The van der Waals surface area contributed by atoms with Crippen LogP contribution in [0.5, 0.6) is 0 Å². The lowest BCUT2D eigenvalue weighted by Gasteiger charge is -2.26. The first-order valence-corrected chi connectivity index (χ1v) is 13.0. The molecule has 1 heterocycles. The number of H-pyrrole nitrogens is 1. The van der Waals surface area contributed by atoms with E-state index in [4.69, 9.17) is 5.73 Å². The number of aliphatic hydroxyl groups is 1. The SMILES string of the molecule is CC(O)C(NC(=O)C(Cc1c[nH]c2ccccc12)NC(=O)C(N)CS)C(=O)NC(Cc1ccccc1)C(=O)O. The Bertz CT molecular complexity index is 1300. The first-order chi connectivity index (χ1) is 18.6. The highest BCUT2D eigenvalue weighted by molar-refractivity contribution is 7.80. The summed E-state index contributed by atoms with van der Waals surface area (Å²) < 4.78 is 0. The van der Waals surface area contributed by atoms with Crippen LogP contribution in [0.25, 0.3) is 10.9 Å². The van der Waals surface area contributed by atoms with E-state index in [0.29, 0.717) is 5.56 Å². The second-order valence-corrected chi connectivity index (χ2v) is 9.60. The fraction of sp³-hybridized carbons (Fsp3) is 0.333. The zero-order chi connectivity index (χ0) is 28.5. The number of fused-ring (bicyclic) bond motifs is 1. The molecular weight excluding hydrogens is 522 g/mol. The summed E-state index contributed by atoms with van der Waals surface area (Å²) in [6.07, 6.45) is 0.406. The van der Waals surface area contributed by atoms with Crippen LogP contribution in [0.15, 0.2) is 60.8 Å². The van der Waals surface area contributed by atoms with Crippen molar-refractivity contribution in [2.24, 2.45) is 5.73 Å². The zero-order valence-electron chi connectivity index (χ0n) is 21.3. The number of thiol groups is 1. The molecule has 3 amide bonds. The number of aromatic amines is 1. The van der Waals surface area contributed by atoms with Crippen LogP contribution >= 0.6 is 12.6 Å². The molecule has 8 N–H and O–H groups in total. The molecule has 0 bridgehead atoms. The standard InChI is InChI=1S/C27H33N5O6S/c1-15(33)23(26(36)31-22(27(37)38)11-16-7-3-2-4-8-16)32-25(35)21(30-24(34)19(28)14-39)12-17-13-29-20-10-6-5-9-18(17)20/h2-10,13,15,19,21-23,29,33,39H,11-12,14,28H2,1H3,(H,30,34)(H,31,36)(H,32,35)(H,37,38). The minimum absolute atomic E-state index is 0.00323. The number of amides is 3. The lowest BCUT2D eigenvalue weighted by molar-refractivity contribution is -0.143. The molecule has 0 aliphatic heterocycles. The van der Waals surface area contributed by atoms with Crippen molar-refractivity contribution in [3.05, 3.63) is 71.9 Å². The lowest BCUT2D eigenvalue weighted by atomic mass is 10.0. The maximum Gasteiger partial charge on any atom is 0.326 e. The molecule has 0 radical (unpaired) electrons. The van der Waals surface area contributed by atoms with E-state index < -0.39 is 54.0 Å². The van der Waals surface area contributed by atoms with Crippen LogP contribution in [0.1, 0.15) is 18.1 Å². The summed E-state index contributed by atoms with van der Waals surface area (Å²) in [5, 5.41) is 28.3. The van der Waals surface area contributed by atoms with E-state index in [0.717, 1.165) is 16.5 Å². The maximum absolute atomic E-state index is 13.4. The number of aliphatic carboxylic acids is 1. The van der Waals surface area contributed by atoms with Gasteiger partial charge in [0, 0.05) is 35.7 Å². The van der Waals surface area contributed by atoms with Gasteiger partial charge in [0.05, 0.1) is 12.1 Å². The minimum Gasteiger partial charge on any atom is -0.480 e. The highest BCUT2D eigenvalue weighted by Gasteiger charge is 2.33. The average Bonchev–Trinajstić information content (AvgIpc) is 3.33. The Morgan fingerprint density at radius 1 is 0.897 bits per heavy atom. The van der Waals surface area contributed by atoms with E-state index in [9.17, 15) is 29.4 Å². The van der Waals surface area contributed by atoms with E-state index in [-0.39, 0.29) is 18.6 Å². The number of aromatic nitrogens is 1. The summed E-state index contributed by atoms with van der Waals surface area (Å²) in [7, 11) is 0. The monoisotopic (exact) mass is 555 g/mol. The van der Waals surface area contributed by atoms with Crippen LogP contribution in [0.2, 0.25) is 0 Å². The second kappa shape index (κ2) is 13.8. The number of nitrogens with two attached hydrogens (primary N) is 1. The predicted octanol–water partition coefficient (Wildman–Crippen LogP) is 0.130. The molecule has 5 atom stereocenters. The third-order valence-electron chi connectivity index (χ3n) is 6.23. The molecule has 3 rings (SSSR count). The molecule has 0 aliphatic rings. The average molecular weight is 556 g/mol. The summed E-state index contributed by atoms with van der Waals surface area (Å²) in [4.78, 5) is 53.9. The van der Waals surface area contributed by atoms with Gasteiger partial charge in [-0.3, -0.25) is 14.4 Å². The third kappa shape index (κ3) is 8.06. The van der Waals surface area contributed by atoms with E-state index >= 15 is 0 Å². The molecule has 0 saturated heterocycles. The summed E-state index contributed by atoms with van der Waals surface area (Å²) in [5.41, 5.74) is 8.04. The molecular formula is C27H33N5O6S. The van der Waals surface area contributed by atoms with E-state index in [1.165, 1.54) is 6.92 Å². The van der Waals surface area contributed by atoms with Gasteiger partial charge in [0.25, 0.3) is 0 Å². The molecule has 5 unspecified atom stereocenters. The third-order valence-corrected chi connectivity index (χ3v) is 6.62. The van der Waals surface area contributed by atoms with Crippen molar-refractivity contribution in [2.45, 2.75) is 50.0 Å². The van der Waals surface area contributed by atoms with E-state index in [2.05, 4.69) is 33.6 Å². The summed E-state index contributed by atoms with van der Waals surface area (Å²) >= 11 is 4.03. The van der Waals surface area contributed by atoms with Gasteiger partial charge >= 0.3 is 5.97 Å². The summed E-state index contributed by atoms with van der Waals surface area (Å²) in [6.45, 7) is 1.29. The number of benzene rings is 2. The number of hydrogen-bond acceptors (Lipinski definition) is 7. The highest BCUT2D eigenvalue weighted by atomic mass is 32.1. The summed E-state index contributed by atoms with van der Waals surface area (Å²) in [5.74, 6) is -3.48. The smallest absolute Gasteiger partial charge is 0.326 e. The van der Waals surface area contributed by atoms with Crippen LogP contribution in [0, 0.1) is 0 Å². The molecule has 0 fully saturated rings. The number of rotatable bonds is 13. The quantitative estimate of drug-likeness (QED) is 0.138. The van der Waals surface area contributed by atoms with Crippen LogP contribution in [0.3, 0.4) is 0 Å². The molecule has 0 spiro atoms. The number of carboxylic acids is 1. The van der Waals surface area contributed by atoms with Crippen molar-refractivity contribution in [1.29, 1.82) is 0 Å². The molecule has 12 heteroatoms. The first kappa shape index (κ1) is 29.7. The first-order valence-electron chi connectivity index (χ1n) is 12.4. The Morgan fingerprint density at radius 2 is 1.54 bits per heavy atom. The van der Waals surface area contributed by atoms with Gasteiger partial charge in [-0.05, 0) is 24.1 Å². The Morgan fingerprint density at radius 3 is 2.18 bits per heavy atom. The second-order valence-electron chi connectivity index (χ2n) is 9.23. The van der Waals surface area contributed by atoms with Crippen LogP contribution in [-0.4, -0.2) is 74.9 Å². The van der Waals surface area contributed by atoms with Crippen molar-refractivity contribution in [3.8, 4) is 0 Å². The predicted molar refractivity (Wildman–Crippen MR) is 149 cm³/mol. The topological polar surface area (TPSA) is 187 Å². The van der Waals surface area contributed by atoms with Crippen LogP contribution in [-0.2, 0) is 32.0 Å². The number of carboxylic acid groups (broad SMARTS) is 1. The van der Waals surface area contributed by atoms with Gasteiger partial charge in [-0.2, -0.15) is 12.6 Å². The lowest BCUT2D eigenvalue weighted by Crippen LogP contribution is -2.60. The summed E-state index contributed by atoms with van der Waals surface area (Å²) in [6, 6.07) is 11.2. The van der Waals surface area contributed by atoms with Gasteiger partial charge in [0.2, 0.25) is 17.7 Å². The van der Waals surface area contributed by atoms with Gasteiger partial charge in [0.15, 0.2) is 0 Å². The number of carbonyl (C=O) groups is 4. The van der Waals surface area contributed by atoms with Gasteiger partial charge in [-0.25, -0.2) is 4.79 Å².